The standard InChI is InChI=1S/C7H5NO3S.2CH2O3.Mg.2Na/c9-7-5-3-1-2-4-6(5)12(10,11)8-7;2*2-1(3)4;;;/h1-4H,(H,8,9);2*(H2,2,3,4);;;/q;;;+2;2*+1/p-4. The number of benzene rings is 1. The van der Waals surface area contributed by atoms with Crippen molar-refractivity contribution in [3.05, 3.63) is 29.8 Å². The van der Waals surface area contributed by atoms with Crippen LogP contribution in [-0.4, -0.2) is 49.7 Å². The first kappa shape index (κ1) is 30.8. The van der Waals surface area contributed by atoms with E-state index in [1.54, 1.807) is 12.1 Å². The number of rotatable bonds is 0. The summed E-state index contributed by atoms with van der Waals surface area (Å²) in [6.45, 7) is 0. The molecule has 0 bridgehead atoms. The van der Waals surface area contributed by atoms with Gasteiger partial charge in [0, 0.05) is 0 Å². The van der Waals surface area contributed by atoms with E-state index >= 15 is 0 Å². The van der Waals surface area contributed by atoms with Crippen molar-refractivity contribution in [3.63, 3.8) is 0 Å². The molecule has 0 atom stereocenters. The minimum atomic E-state index is -3.55. The summed E-state index contributed by atoms with van der Waals surface area (Å²) in [6, 6.07) is 6.09. The van der Waals surface area contributed by atoms with Gasteiger partial charge in [-0.05, 0) is 24.4 Å². The van der Waals surface area contributed by atoms with Crippen LogP contribution in [0.4, 0.5) is 9.59 Å². The normalized spacial score (nSPS) is 11.7. The molecule has 1 aliphatic heterocycles. The number of carboxylic acid groups (broad SMARTS) is 4. The van der Waals surface area contributed by atoms with Gasteiger partial charge in [0.15, 0.2) is 0 Å². The van der Waals surface area contributed by atoms with E-state index in [4.69, 9.17) is 30.0 Å². The van der Waals surface area contributed by atoms with Gasteiger partial charge >= 0.3 is 82.2 Å². The molecule has 2 rings (SSSR count). The van der Waals surface area contributed by atoms with Crippen LogP contribution in [0.15, 0.2) is 29.2 Å². The van der Waals surface area contributed by atoms with Crippen LogP contribution in [0.5, 0.6) is 0 Å². The molecule has 0 fully saturated rings. The van der Waals surface area contributed by atoms with Crippen LogP contribution in [0.2, 0.25) is 0 Å². The molecular weight excluding hydrogens is 368 g/mol. The maximum atomic E-state index is 11.1. The maximum Gasteiger partial charge on any atom is 2.00 e. The molecule has 0 radical (unpaired) electrons. The first-order valence-electron chi connectivity index (χ1n) is 4.50. The van der Waals surface area contributed by atoms with Crippen LogP contribution in [-0.2, 0) is 10.0 Å². The summed E-state index contributed by atoms with van der Waals surface area (Å²) in [6.07, 6.45) is -4.67. The zero-order chi connectivity index (χ0) is 15.9. The molecule has 1 aromatic rings. The second-order valence-electron chi connectivity index (χ2n) is 2.93. The average Bonchev–Trinajstić information content (AvgIpc) is 2.49. The molecule has 1 heterocycles. The van der Waals surface area contributed by atoms with Crippen molar-refractivity contribution in [3.8, 4) is 0 Å². The zero-order valence-corrected chi connectivity index (χ0v) is 18.3. The fourth-order valence-electron chi connectivity index (χ4n) is 1.12. The number of hydrogen-bond donors (Lipinski definition) is 1. The molecule has 10 nitrogen and oxygen atoms in total. The second-order valence-corrected chi connectivity index (χ2v) is 4.58. The fraction of sp³-hybridized carbons (Fsp3) is 0. The quantitative estimate of drug-likeness (QED) is 0.430. The third-order valence-corrected chi connectivity index (χ3v) is 3.04. The van der Waals surface area contributed by atoms with Gasteiger partial charge in [0.25, 0.3) is 15.9 Å². The van der Waals surface area contributed by atoms with Gasteiger partial charge in [0.1, 0.15) is 4.90 Å². The Kier molecular flexibility index (Phi) is 19.1. The summed E-state index contributed by atoms with van der Waals surface area (Å²) in [5, 5.41) is 33.3. The molecule has 0 saturated heterocycles. The van der Waals surface area contributed by atoms with Crippen molar-refractivity contribution in [1.82, 2.24) is 4.72 Å². The predicted octanol–water partition coefficient (Wildman–Crippen LogP) is -11.1. The van der Waals surface area contributed by atoms with Gasteiger partial charge in [-0.25, -0.2) is 13.1 Å². The Morgan fingerprint density at radius 1 is 0.913 bits per heavy atom. The van der Waals surface area contributed by atoms with Gasteiger partial charge in [0.2, 0.25) is 0 Å². The topological polar surface area (TPSA) is 190 Å². The Hall–Kier alpha value is -0.0538. The van der Waals surface area contributed by atoms with Gasteiger partial charge in [-0.1, -0.05) is 12.1 Å². The molecule has 0 saturated carbocycles. The number of amides is 1. The first-order valence-corrected chi connectivity index (χ1v) is 5.98. The van der Waals surface area contributed by atoms with E-state index in [9.17, 15) is 13.2 Å². The molecule has 1 amide bonds. The molecule has 1 aliphatic rings. The first-order chi connectivity index (χ1) is 9.08. The van der Waals surface area contributed by atoms with Crippen molar-refractivity contribution < 1.29 is 102 Å². The third kappa shape index (κ3) is 13.0. The zero-order valence-electron chi connectivity index (χ0n) is 12.1. The molecule has 0 aromatic heterocycles. The summed E-state index contributed by atoms with van der Waals surface area (Å²) < 4.78 is 24.2. The van der Waals surface area contributed by atoms with Gasteiger partial charge in [-0.15, -0.1) is 0 Å². The van der Waals surface area contributed by atoms with Crippen molar-refractivity contribution in [2.24, 2.45) is 0 Å². The van der Waals surface area contributed by atoms with Crippen LogP contribution in [0.25, 0.3) is 0 Å². The van der Waals surface area contributed by atoms with Crippen LogP contribution in [0.1, 0.15) is 10.4 Å². The van der Waals surface area contributed by atoms with E-state index in [1.165, 1.54) is 12.1 Å². The number of carbonyl (C=O) groups is 3. The van der Waals surface area contributed by atoms with E-state index in [2.05, 4.69) is 0 Å². The summed E-state index contributed by atoms with van der Waals surface area (Å²) in [5.41, 5.74) is 0.220. The fourth-order valence-corrected chi connectivity index (χ4v) is 2.29. The molecule has 14 heteroatoms. The molecule has 0 aliphatic carbocycles. The molecule has 110 valence electrons. The second kappa shape index (κ2) is 14.3. The average molecular weight is 373 g/mol. The third-order valence-electron chi connectivity index (χ3n) is 1.65. The van der Waals surface area contributed by atoms with Crippen molar-refractivity contribution >= 4 is 51.3 Å². The van der Waals surface area contributed by atoms with Gasteiger partial charge in [-0.3, -0.25) is 4.79 Å². The van der Waals surface area contributed by atoms with Crippen LogP contribution >= 0.6 is 0 Å². The number of hydrogen-bond acceptors (Lipinski definition) is 9. The minimum absolute atomic E-state index is 0. The molecule has 0 unspecified atom stereocenters. The van der Waals surface area contributed by atoms with Gasteiger partial charge in [-0.2, -0.15) is 0 Å². The predicted molar refractivity (Wildman–Crippen MR) is 57.6 cm³/mol. The minimum Gasteiger partial charge on any atom is -0.652 e. The Morgan fingerprint density at radius 3 is 1.61 bits per heavy atom. The Morgan fingerprint density at radius 2 is 1.26 bits per heavy atom. The van der Waals surface area contributed by atoms with Crippen molar-refractivity contribution in [2.45, 2.75) is 4.90 Å². The Labute approximate surface area is 191 Å². The number of nitrogens with one attached hydrogen (secondary N) is 1. The Bertz CT molecular complexity index is 618. The summed E-state index contributed by atoms with van der Waals surface area (Å²) in [4.78, 5) is 27.7. The smallest absolute Gasteiger partial charge is 0.652 e. The molecular formula is C9H5MgNNa2O9S. The molecule has 1 N–H and O–H groups in total. The van der Waals surface area contributed by atoms with E-state index in [0.717, 1.165) is 0 Å². The van der Waals surface area contributed by atoms with Crippen molar-refractivity contribution in [1.29, 1.82) is 0 Å². The summed E-state index contributed by atoms with van der Waals surface area (Å²) >= 11 is 0. The van der Waals surface area contributed by atoms with Crippen molar-refractivity contribution in [2.75, 3.05) is 0 Å². The molecule has 23 heavy (non-hydrogen) atoms. The van der Waals surface area contributed by atoms with Crippen LogP contribution in [0, 0.1) is 0 Å². The monoisotopic (exact) mass is 373 g/mol. The number of sulfonamides is 1. The number of carbonyl (C=O) groups excluding carboxylic acids is 3. The van der Waals surface area contributed by atoms with Crippen LogP contribution < -0.4 is 84.3 Å². The van der Waals surface area contributed by atoms with Crippen LogP contribution in [0.3, 0.4) is 0 Å². The molecule has 0 spiro atoms. The number of fused-ring (bicyclic) bond motifs is 1. The summed E-state index contributed by atoms with van der Waals surface area (Å²) in [7, 11) is -3.55. The van der Waals surface area contributed by atoms with E-state index < -0.39 is 28.2 Å². The maximum absolute atomic E-state index is 11.1. The molecule has 1 aromatic carbocycles. The van der Waals surface area contributed by atoms with E-state index in [-0.39, 0.29) is 92.6 Å². The Balaban J connectivity index is -0.000000142. The largest absolute Gasteiger partial charge is 2.00 e. The van der Waals surface area contributed by atoms with E-state index in [1.807, 2.05) is 4.72 Å². The van der Waals surface area contributed by atoms with Gasteiger partial charge < -0.3 is 30.0 Å². The van der Waals surface area contributed by atoms with E-state index in [0.29, 0.717) is 0 Å². The van der Waals surface area contributed by atoms with Gasteiger partial charge in [0.05, 0.1) is 5.56 Å². The SMILES string of the molecule is O=C([O-])[O-].O=C([O-])[O-].O=C1NS(=O)(=O)c2ccccc21.[Mg+2].[Na+].[Na+]. The summed E-state index contributed by atoms with van der Waals surface area (Å²) in [5.74, 6) is -0.550.